The number of benzene rings is 1. The minimum Gasteiger partial charge on any atom is -0.497 e. The number of likely N-dealkylation sites (tertiary alicyclic amines) is 2. The summed E-state index contributed by atoms with van der Waals surface area (Å²) in [7, 11) is 3.70. The average molecular weight is 378 g/mol. The first-order chi connectivity index (χ1) is 12.9. The monoisotopic (exact) mass is 378 g/mol. The molecule has 2 N–H and O–H groups in total. The van der Waals surface area contributed by atoms with E-state index in [1.165, 1.54) is 5.56 Å². The Morgan fingerprint density at radius 1 is 1.26 bits per heavy atom. The summed E-state index contributed by atoms with van der Waals surface area (Å²) in [5.41, 5.74) is 0.120. The third-order valence-electron chi connectivity index (χ3n) is 5.47. The molecule has 27 heavy (non-hydrogen) atoms. The maximum absolute atomic E-state index is 12.8. The first-order valence-corrected chi connectivity index (χ1v) is 9.33. The number of hydrogen-bond acceptors (Lipinski definition) is 5. The van der Waals surface area contributed by atoms with Crippen molar-refractivity contribution in [2.75, 3.05) is 40.3 Å². The highest BCUT2D eigenvalue weighted by Crippen LogP contribution is 2.28. The second kappa shape index (κ2) is 9.71. The fourth-order valence-electron chi connectivity index (χ4n) is 3.78. The fourth-order valence-corrected chi connectivity index (χ4v) is 3.78. The molecule has 0 aliphatic carbocycles. The number of carbonyl (C=O) groups is 2. The molecule has 2 aliphatic heterocycles. The number of nitrogens with zero attached hydrogens (tertiary/aromatic N) is 2. The van der Waals surface area contributed by atoms with Crippen molar-refractivity contribution < 1.29 is 24.5 Å². The van der Waals surface area contributed by atoms with Crippen LogP contribution in [0.15, 0.2) is 24.3 Å². The third kappa shape index (κ3) is 5.68. The summed E-state index contributed by atoms with van der Waals surface area (Å²) in [6, 6.07) is 8.14. The lowest BCUT2D eigenvalue weighted by Gasteiger charge is -2.37. The quantitative estimate of drug-likeness (QED) is 0.767. The average Bonchev–Trinajstić information content (AvgIpc) is 3.13. The molecule has 0 saturated carbocycles. The summed E-state index contributed by atoms with van der Waals surface area (Å²) in [4.78, 5) is 25.2. The molecular weight excluding hydrogens is 348 g/mol. The Morgan fingerprint density at radius 3 is 2.41 bits per heavy atom. The number of carboxylic acid groups (broad SMARTS) is 1. The standard InChI is InChI=1S/C19H28N2O3.CH2O2/c1-20-11-8-19(23,9-12-20)18(22)21-10-7-16(14-21)13-15-3-5-17(24-2)6-4-15;2-1-3/h3-6,16,23H,7-14H2,1-2H3;1H,(H,2,3). The van der Waals surface area contributed by atoms with Crippen LogP contribution in [0.4, 0.5) is 0 Å². The number of carbonyl (C=O) groups excluding carboxylic acids is 1. The van der Waals surface area contributed by atoms with Crippen LogP contribution in [-0.4, -0.2) is 78.3 Å². The molecular formula is C20H30N2O5. The highest BCUT2D eigenvalue weighted by molar-refractivity contribution is 5.85. The lowest BCUT2D eigenvalue weighted by Crippen LogP contribution is -2.53. The van der Waals surface area contributed by atoms with Gasteiger partial charge >= 0.3 is 0 Å². The third-order valence-corrected chi connectivity index (χ3v) is 5.47. The largest absolute Gasteiger partial charge is 0.497 e. The van der Waals surface area contributed by atoms with E-state index < -0.39 is 5.60 Å². The van der Waals surface area contributed by atoms with E-state index in [0.29, 0.717) is 18.8 Å². The molecule has 2 fully saturated rings. The van der Waals surface area contributed by atoms with Crippen LogP contribution in [0.1, 0.15) is 24.8 Å². The van der Waals surface area contributed by atoms with E-state index >= 15 is 0 Å². The van der Waals surface area contributed by atoms with E-state index in [-0.39, 0.29) is 12.4 Å². The maximum Gasteiger partial charge on any atom is 0.290 e. The predicted molar refractivity (Wildman–Crippen MR) is 102 cm³/mol. The zero-order chi connectivity index (χ0) is 19.9. The Morgan fingerprint density at radius 2 is 1.85 bits per heavy atom. The zero-order valence-electron chi connectivity index (χ0n) is 16.1. The van der Waals surface area contributed by atoms with Crippen molar-refractivity contribution in [3.8, 4) is 5.75 Å². The molecule has 2 aliphatic rings. The minimum absolute atomic E-state index is 0.0622. The lowest BCUT2D eigenvalue weighted by atomic mass is 9.90. The number of methoxy groups -OCH3 is 1. The van der Waals surface area contributed by atoms with Gasteiger partial charge < -0.3 is 24.7 Å². The van der Waals surface area contributed by atoms with Gasteiger partial charge in [0, 0.05) is 26.2 Å². The molecule has 2 heterocycles. The Hall–Kier alpha value is -2.12. The van der Waals surface area contributed by atoms with Gasteiger partial charge in [-0.25, -0.2) is 0 Å². The summed E-state index contributed by atoms with van der Waals surface area (Å²) >= 11 is 0. The molecule has 7 nitrogen and oxygen atoms in total. The Balaban J connectivity index is 0.000000817. The molecule has 1 amide bonds. The van der Waals surface area contributed by atoms with Crippen molar-refractivity contribution in [3.05, 3.63) is 29.8 Å². The van der Waals surface area contributed by atoms with E-state index in [1.54, 1.807) is 7.11 Å². The first kappa shape index (κ1) is 21.2. The molecule has 1 atom stereocenters. The van der Waals surface area contributed by atoms with Crippen LogP contribution in [0.3, 0.4) is 0 Å². The number of hydrogen-bond donors (Lipinski definition) is 2. The molecule has 150 valence electrons. The molecule has 3 rings (SSSR count). The summed E-state index contributed by atoms with van der Waals surface area (Å²) in [6.45, 7) is 2.83. The molecule has 1 unspecified atom stereocenters. The van der Waals surface area contributed by atoms with Crippen molar-refractivity contribution in [2.24, 2.45) is 5.92 Å². The van der Waals surface area contributed by atoms with Crippen LogP contribution in [0.2, 0.25) is 0 Å². The van der Waals surface area contributed by atoms with Crippen LogP contribution in [0.25, 0.3) is 0 Å². The summed E-state index contributed by atoms with van der Waals surface area (Å²) in [5.74, 6) is 1.27. The number of aliphatic hydroxyl groups is 1. The summed E-state index contributed by atoms with van der Waals surface area (Å²) in [5, 5.41) is 17.6. The van der Waals surface area contributed by atoms with Crippen molar-refractivity contribution in [1.29, 1.82) is 0 Å². The number of ether oxygens (including phenoxy) is 1. The number of amides is 1. The van der Waals surface area contributed by atoms with Gasteiger partial charge in [0.2, 0.25) is 0 Å². The first-order valence-electron chi connectivity index (χ1n) is 9.33. The van der Waals surface area contributed by atoms with E-state index in [2.05, 4.69) is 17.0 Å². The molecule has 0 aromatic heterocycles. The van der Waals surface area contributed by atoms with Gasteiger partial charge in [0.15, 0.2) is 0 Å². The normalized spacial score (nSPS) is 21.9. The second-order valence-corrected chi connectivity index (χ2v) is 7.40. The Kier molecular flexibility index (Phi) is 7.62. The zero-order valence-corrected chi connectivity index (χ0v) is 16.1. The molecule has 1 aromatic carbocycles. The van der Waals surface area contributed by atoms with Crippen molar-refractivity contribution >= 4 is 12.4 Å². The van der Waals surface area contributed by atoms with E-state index in [9.17, 15) is 9.90 Å². The molecule has 7 heteroatoms. The molecule has 1 aromatic rings. The fraction of sp³-hybridized carbons (Fsp3) is 0.600. The van der Waals surface area contributed by atoms with Gasteiger partial charge in [0.05, 0.1) is 7.11 Å². The highest BCUT2D eigenvalue weighted by Gasteiger charge is 2.42. The van der Waals surface area contributed by atoms with E-state index in [4.69, 9.17) is 14.6 Å². The molecule has 0 bridgehead atoms. The van der Waals surface area contributed by atoms with Crippen LogP contribution in [0, 0.1) is 5.92 Å². The predicted octanol–water partition coefficient (Wildman–Crippen LogP) is 1.24. The van der Waals surface area contributed by atoms with Crippen LogP contribution < -0.4 is 4.74 Å². The smallest absolute Gasteiger partial charge is 0.290 e. The molecule has 0 radical (unpaired) electrons. The lowest BCUT2D eigenvalue weighted by molar-refractivity contribution is -0.155. The van der Waals surface area contributed by atoms with E-state index in [0.717, 1.165) is 44.8 Å². The Bertz CT molecular complexity index is 611. The van der Waals surface area contributed by atoms with Crippen molar-refractivity contribution in [2.45, 2.75) is 31.3 Å². The van der Waals surface area contributed by atoms with Crippen LogP contribution in [0.5, 0.6) is 5.75 Å². The molecule has 0 spiro atoms. The van der Waals surface area contributed by atoms with Gasteiger partial charge in [-0.15, -0.1) is 0 Å². The van der Waals surface area contributed by atoms with Gasteiger partial charge in [0.25, 0.3) is 12.4 Å². The summed E-state index contributed by atoms with van der Waals surface area (Å²) in [6.07, 6.45) is 3.06. The number of rotatable bonds is 4. The SMILES string of the molecule is COc1ccc(CC2CCN(C(=O)C3(O)CCN(C)CC3)C2)cc1.O=CO. The number of piperidine rings is 1. The molecule has 2 saturated heterocycles. The van der Waals surface area contributed by atoms with Crippen LogP contribution >= 0.6 is 0 Å². The van der Waals surface area contributed by atoms with E-state index in [1.807, 2.05) is 24.1 Å². The van der Waals surface area contributed by atoms with Crippen molar-refractivity contribution in [3.63, 3.8) is 0 Å². The van der Waals surface area contributed by atoms with Crippen LogP contribution in [-0.2, 0) is 16.0 Å². The van der Waals surface area contributed by atoms with Gasteiger partial charge in [-0.05, 0) is 56.3 Å². The summed E-state index contributed by atoms with van der Waals surface area (Å²) < 4.78 is 5.19. The van der Waals surface area contributed by atoms with Gasteiger partial charge in [-0.3, -0.25) is 9.59 Å². The second-order valence-electron chi connectivity index (χ2n) is 7.40. The van der Waals surface area contributed by atoms with Gasteiger partial charge in [-0.1, -0.05) is 12.1 Å². The van der Waals surface area contributed by atoms with Gasteiger partial charge in [-0.2, -0.15) is 0 Å². The Labute approximate surface area is 160 Å². The maximum atomic E-state index is 12.8. The topological polar surface area (TPSA) is 90.3 Å². The highest BCUT2D eigenvalue weighted by atomic mass is 16.5. The van der Waals surface area contributed by atoms with Crippen molar-refractivity contribution in [1.82, 2.24) is 9.80 Å². The van der Waals surface area contributed by atoms with Gasteiger partial charge in [0.1, 0.15) is 11.4 Å². The minimum atomic E-state index is -1.15.